The Bertz CT molecular complexity index is 1230. The number of halogens is 3. The Kier molecular flexibility index (Phi) is 7.28. The van der Waals surface area contributed by atoms with Gasteiger partial charge in [0.05, 0.1) is 20.8 Å². The molecule has 2 aromatic rings. The predicted octanol–water partition coefficient (Wildman–Crippen LogP) is 5.93. The van der Waals surface area contributed by atoms with Crippen molar-refractivity contribution in [1.29, 1.82) is 0 Å². The van der Waals surface area contributed by atoms with Crippen molar-refractivity contribution in [3.63, 3.8) is 0 Å². The number of benzene rings is 2. The molecule has 35 heavy (non-hydrogen) atoms. The number of hydrogen-bond acceptors (Lipinski definition) is 4. The number of anilines is 1. The average Bonchev–Trinajstić information content (AvgIpc) is 2.95. The third kappa shape index (κ3) is 4.98. The van der Waals surface area contributed by atoms with Crippen molar-refractivity contribution in [2.45, 2.75) is 74.5 Å². The third-order valence-corrected chi connectivity index (χ3v) is 10.4. The Balaban J connectivity index is 1.69. The molecule has 2 saturated carbocycles. The number of nitrogens with one attached hydrogen (secondary N) is 1. The first kappa shape index (κ1) is 26.0. The minimum atomic E-state index is -3.88. The zero-order valence-electron chi connectivity index (χ0n) is 19.8. The first-order chi connectivity index (χ1) is 16.4. The van der Waals surface area contributed by atoms with Crippen LogP contribution < -0.4 is 5.32 Å². The van der Waals surface area contributed by atoms with Crippen LogP contribution in [-0.2, 0) is 16.3 Å². The van der Waals surface area contributed by atoms with Crippen molar-refractivity contribution in [1.82, 2.24) is 0 Å². The minimum Gasteiger partial charge on any atom is -0.390 e. The van der Waals surface area contributed by atoms with E-state index in [0.29, 0.717) is 24.8 Å². The van der Waals surface area contributed by atoms with Crippen molar-refractivity contribution in [3.8, 4) is 0 Å². The quantitative estimate of drug-likeness (QED) is 0.469. The molecule has 2 fully saturated rings. The molecular formula is C26H30ClF2NO4S. The van der Waals surface area contributed by atoms with E-state index in [1.54, 1.807) is 6.92 Å². The van der Waals surface area contributed by atoms with Crippen molar-refractivity contribution >= 4 is 33.0 Å². The van der Waals surface area contributed by atoms with Gasteiger partial charge in [0, 0.05) is 17.3 Å². The van der Waals surface area contributed by atoms with Gasteiger partial charge in [0.2, 0.25) is 0 Å². The Morgan fingerprint density at radius 1 is 1.14 bits per heavy atom. The molecular weight excluding hydrogens is 496 g/mol. The highest BCUT2D eigenvalue weighted by molar-refractivity contribution is 7.92. The highest BCUT2D eigenvalue weighted by atomic mass is 35.5. The summed E-state index contributed by atoms with van der Waals surface area (Å²) in [5.41, 5.74) is -0.0878. The second kappa shape index (κ2) is 9.79. The van der Waals surface area contributed by atoms with Crippen molar-refractivity contribution in [2.75, 3.05) is 5.32 Å². The zero-order chi connectivity index (χ0) is 25.5. The van der Waals surface area contributed by atoms with Crippen molar-refractivity contribution in [2.24, 2.45) is 11.8 Å². The molecule has 0 heterocycles. The fourth-order valence-electron chi connectivity index (χ4n) is 5.57. The Labute approximate surface area is 209 Å². The zero-order valence-corrected chi connectivity index (χ0v) is 21.4. The summed E-state index contributed by atoms with van der Waals surface area (Å²) in [6.07, 6.45) is 4.38. The third-order valence-electron chi connectivity index (χ3n) is 7.74. The van der Waals surface area contributed by atoms with E-state index in [1.165, 1.54) is 18.2 Å². The topological polar surface area (TPSA) is 83.5 Å². The molecule has 2 aliphatic carbocycles. The summed E-state index contributed by atoms with van der Waals surface area (Å²) in [7, 11) is -3.88. The molecule has 2 bridgehead atoms. The lowest BCUT2D eigenvalue weighted by Gasteiger charge is -2.40. The summed E-state index contributed by atoms with van der Waals surface area (Å²) in [6, 6.07) is 5.85. The largest absolute Gasteiger partial charge is 0.390 e. The Morgan fingerprint density at radius 2 is 1.80 bits per heavy atom. The molecule has 0 radical (unpaired) electrons. The van der Waals surface area contributed by atoms with E-state index in [9.17, 15) is 27.1 Å². The second-order valence-electron chi connectivity index (χ2n) is 9.96. The van der Waals surface area contributed by atoms with Crippen LogP contribution in [0.4, 0.5) is 14.5 Å². The maximum absolute atomic E-state index is 13.7. The number of fused-ring (bicyclic) bond motifs is 2. The lowest BCUT2D eigenvalue weighted by atomic mass is 9.76. The number of aliphatic hydroxyl groups is 1. The molecule has 2 N–H and O–H groups in total. The van der Waals surface area contributed by atoms with Crippen LogP contribution in [0, 0.1) is 23.5 Å². The van der Waals surface area contributed by atoms with Gasteiger partial charge in [-0.3, -0.25) is 4.79 Å². The highest BCUT2D eigenvalue weighted by Gasteiger charge is 2.53. The van der Waals surface area contributed by atoms with Gasteiger partial charge >= 0.3 is 0 Å². The molecule has 4 rings (SSSR count). The van der Waals surface area contributed by atoms with E-state index in [2.05, 4.69) is 5.32 Å². The molecule has 0 spiro atoms. The van der Waals surface area contributed by atoms with E-state index in [1.807, 2.05) is 6.92 Å². The van der Waals surface area contributed by atoms with Crippen LogP contribution in [0.25, 0.3) is 0 Å². The molecule has 9 heteroatoms. The number of unbranched alkanes of at least 4 members (excludes halogenated alkanes) is 1. The minimum absolute atomic E-state index is 0.0563. The number of sulfone groups is 1. The number of amides is 1. The standard InChI is InChI=1S/C26H30ClF2NO4S/c1-3-4-5-15-10-21(27)24(14-20(15)25(31)30-18-8-9-22(28)23(29)13-18)35(33,34)19-11-16-6-7-17(12-19)26(16,2)32/h8-10,13-14,16-17,19,32H,3-7,11-12H2,1-2H3,(H,30,31)/t16?,17?,19-,26-. The molecule has 5 nitrogen and oxygen atoms in total. The number of rotatable bonds is 7. The molecule has 0 saturated heterocycles. The van der Waals surface area contributed by atoms with Crippen LogP contribution in [0.5, 0.6) is 0 Å². The maximum atomic E-state index is 13.7. The lowest BCUT2D eigenvalue weighted by molar-refractivity contribution is -0.0413. The Morgan fingerprint density at radius 3 is 2.40 bits per heavy atom. The van der Waals surface area contributed by atoms with Gasteiger partial charge in [-0.05, 0) is 87.1 Å². The van der Waals surface area contributed by atoms with E-state index in [0.717, 1.165) is 37.8 Å². The summed E-state index contributed by atoms with van der Waals surface area (Å²) in [4.78, 5) is 13.1. The number of carbonyl (C=O) groups is 1. The van der Waals surface area contributed by atoms with Crippen LogP contribution in [0.3, 0.4) is 0 Å². The SMILES string of the molecule is CCCCc1cc(Cl)c(S(=O)(=O)[C@H]2CC3CCC(C2)[C@@]3(C)O)cc1C(=O)Nc1ccc(F)c(F)c1. The molecule has 2 aliphatic rings. The number of aryl methyl sites for hydroxylation is 1. The summed E-state index contributed by atoms with van der Waals surface area (Å²) in [5.74, 6) is -2.95. The smallest absolute Gasteiger partial charge is 0.255 e. The lowest BCUT2D eigenvalue weighted by Crippen LogP contribution is -2.45. The number of hydrogen-bond donors (Lipinski definition) is 2. The van der Waals surface area contributed by atoms with Gasteiger partial charge in [-0.25, -0.2) is 17.2 Å². The van der Waals surface area contributed by atoms with Gasteiger partial charge in [-0.15, -0.1) is 0 Å². The van der Waals surface area contributed by atoms with Crippen LogP contribution >= 0.6 is 11.6 Å². The van der Waals surface area contributed by atoms with Gasteiger partial charge in [0.25, 0.3) is 5.91 Å². The van der Waals surface area contributed by atoms with Gasteiger partial charge in [0.1, 0.15) is 0 Å². The van der Waals surface area contributed by atoms with Gasteiger partial charge in [-0.2, -0.15) is 0 Å². The predicted molar refractivity (Wildman–Crippen MR) is 131 cm³/mol. The van der Waals surface area contributed by atoms with Crippen molar-refractivity contribution < 1.29 is 27.1 Å². The average molecular weight is 526 g/mol. The molecule has 2 aromatic carbocycles. The normalized spacial score (nSPS) is 26.1. The summed E-state index contributed by atoms with van der Waals surface area (Å²) in [5, 5.41) is 12.7. The van der Waals surface area contributed by atoms with Crippen molar-refractivity contribution in [3.05, 3.63) is 58.1 Å². The highest BCUT2D eigenvalue weighted by Crippen LogP contribution is 2.51. The maximum Gasteiger partial charge on any atom is 0.255 e. The van der Waals surface area contributed by atoms with E-state index < -0.39 is 38.2 Å². The van der Waals surface area contributed by atoms with E-state index in [-0.39, 0.29) is 33.0 Å². The molecule has 2 atom stereocenters. The number of carbonyl (C=O) groups excluding carboxylic acids is 1. The van der Waals surface area contributed by atoms with Gasteiger partial charge in [-0.1, -0.05) is 24.9 Å². The van der Waals surface area contributed by atoms with Gasteiger partial charge < -0.3 is 10.4 Å². The second-order valence-corrected chi connectivity index (χ2v) is 12.6. The molecule has 0 aliphatic heterocycles. The van der Waals surface area contributed by atoms with Crippen LogP contribution in [-0.4, -0.2) is 30.3 Å². The summed E-state index contributed by atoms with van der Waals surface area (Å²) < 4.78 is 54.3. The monoisotopic (exact) mass is 525 g/mol. The van der Waals surface area contributed by atoms with Crippen LogP contribution in [0.1, 0.15) is 68.3 Å². The summed E-state index contributed by atoms with van der Waals surface area (Å²) in [6.45, 7) is 3.78. The van der Waals surface area contributed by atoms with E-state index >= 15 is 0 Å². The Hall–Kier alpha value is -2.03. The fraction of sp³-hybridized carbons (Fsp3) is 0.500. The van der Waals surface area contributed by atoms with Gasteiger partial charge in [0.15, 0.2) is 21.5 Å². The summed E-state index contributed by atoms with van der Waals surface area (Å²) >= 11 is 6.48. The fourth-order valence-corrected chi connectivity index (χ4v) is 8.02. The molecule has 190 valence electrons. The van der Waals surface area contributed by atoms with Crippen LogP contribution in [0.15, 0.2) is 35.2 Å². The first-order valence-corrected chi connectivity index (χ1v) is 13.9. The first-order valence-electron chi connectivity index (χ1n) is 12.0. The molecule has 1 amide bonds. The molecule has 0 aromatic heterocycles. The molecule has 2 unspecified atom stereocenters. The van der Waals surface area contributed by atoms with Crippen LogP contribution in [0.2, 0.25) is 5.02 Å². The van der Waals surface area contributed by atoms with E-state index in [4.69, 9.17) is 11.6 Å².